The largest absolute Gasteiger partial charge is 0.463 e. The molecule has 0 aromatic carbocycles. The number of hydrogen-bond donors (Lipinski definition) is 3. The number of carbonyl (C=O) groups is 8. The normalized spacial score (nSPS) is 16.7. The molecular formula is C47H85N5O14. The summed E-state index contributed by atoms with van der Waals surface area (Å²) in [7, 11) is 13.3. The van der Waals surface area contributed by atoms with E-state index < -0.39 is 108 Å². The molecule has 0 heterocycles. The molecule has 0 saturated heterocycles. The van der Waals surface area contributed by atoms with Crippen molar-refractivity contribution in [1.82, 2.24) is 24.9 Å². The summed E-state index contributed by atoms with van der Waals surface area (Å²) < 4.78 is 21.5. The topological polar surface area (TPSA) is 239 Å². The van der Waals surface area contributed by atoms with Gasteiger partial charge in [-0.2, -0.15) is 0 Å². The summed E-state index contributed by atoms with van der Waals surface area (Å²) in [5.74, 6) is -6.43. The highest BCUT2D eigenvalue weighted by Crippen LogP contribution is 2.43. The first-order valence-corrected chi connectivity index (χ1v) is 22.8. The first-order valence-electron chi connectivity index (χ1n) is 22.8. The Kier molecular flexibility index (Phi) is 25.6. The minimum Gasteiger partial charge on any atom is -0.463 e. The molecule has 8 unspecified atom stereocenters. The van der Waals surface area contributed by atoms with E-state index in [2.05, 4.69) is 5.32 Å². The average Bonchev–Trinajstić information content (AvgIpc) is 3.22. The Hall–Kier alpha value is -4.36. The molecule has 0 rings (SSSR count). The van der Waals surface area contributed by atoms with Gasteiger partial charge >= 0.3 is 23.9 Å². The summed E-state index contributed by atoms with van der Waals surface area (Å²) in [6.07, 6.45) is -2.16. The van der Waals surface area contributed by atoms with Gasteiger partial charge in [-0.1, -0.05) is 34.6 Å². The fourth-order valence-electron chi connectivity index (χ4n) is 8.20. The van der Waals surface area contributed by atoms with Crippen LogP contribution < -0.4 is 5.32 Å². The summed E-state index contributed by atoms with van der Waals surface area (Å²) in [6, 6.07) is 0. The quantitative estimate of drug-likeness (QED) is 0.0533. The van der Waals surface area contributed by atoms with Crippen LogP contribution in [0.2, 0.25) is 0 Å². The van der Waals surface area contributed by atoms with Crippen molar-refractivity contribution in [3.63, 3.8) is 0 Å². The van der Waals surface area contributed by atoms with Crippen LogP contribution in [0.5, 0.6) is 0 Å². The SMILES string of the molecule is CCC(C)(CC(CC(C)(CC(C)C(=O)N(C)C)C(=O)OCC(O)COC(C)=O)C(=O)N(C)C)C(=O)OCC(O)COC(=O)C(C)(CC(C)C(=O)N(C)C)CC(C)(C)C(=O)NCCCN(C)C. The van der Waals surface area contributed by atoms with Crippen molar-refractivity contribution in [3.8, 4) is 0 Å². The van der Waals surface area contributed by atoms with Gasteiger partial charge in [0.25, 0.3) is 0 Å². The van der Waals surface area contributed by atoms with Crippen molar-refractivity contribution < 1.29 is 67.5 Å². The van der Waals surface area contributed by atoms with Gasteiger partial charge in [0.15, 0.2) is 0 Å². The van der Waals surface area contributed by atoms with Crippen LogP contribution >= 0.6 is 0 Å². The Labute approximate surface area is 393 Å². The molecule has 0 bridgehead atoms. The highest BCUT2D eigenvalue weighted by Gasteiger charge is 2.47. The third kappa shape index (κ3) is 20.7. The molecule has 66 heavy (non-hydrogen) atoms. The second kappa shape index (κ2) is 27.5. The lowest BCUT2D eigenvalue weighted by Gasteiger charge is -2.37. The average molecular weight is 944 g/mol. The third-order valence-corrected chi connectivity index (χ3v) is 11.9. The lowest BCUT2D eigenvalue weighted by atomic mass is 9.69. The van der Waals surface area contributed by atoms with Gasteiger partial charge in [-0.05, 0) is 86.4 Å². The molecule has 4 amide bonds. The van der Waals surface area contributed by atoms with E-state index in [4.69, 9.17) is 18.9 Å². The van der Waals surface area contributed by atoms with E-state index in [0.29, 0.717) is 6.54 Å². The Morgan fingerprint density at radius 3 is 1.33 bits per heavy atom. The summed E-state index contributed by atoms with van der Waals surface area (Å²) in [4.78, 5) is 112. The predicted octanol–water partition coefficient (Wildman–Crippen LogP) is 2.53. The molecule has 382 valence electrons. The van der Waals surface area contributed by atoms with E-state index in [0.717, 1.165) is 13.0 Å². The highest BCUT2D eigenvalue weighted by molar-refractivity contribution is 5.86. The van der Waals surface area contributed by atoms with E-state index in [1.54, 1.807) is 83.6 Å². The number of amides is 4. The Bertz CT molecular complexity index is 1640. The van der Waals surface area contributed by atoms with E-state index in [-0.39, 0.29) is 56.2 Å². The minimum absolute atomic E-state index is 0.0237. The zero-order valence-corrected chi connectivity index (χ0v) is 43.2. The van der Waals surface area contributed by atoms with Gasteiger partial charge in [0.2, 0.25) is 23.6 Å². The molecule has 0 spiro atoms. The number of esters is 4. The van der Waals surface area contributed by atoms with Crippen LogP contribution in [0.3, 0.4) is 0 Å². The molecule has 3 N–H and O–H groups in total. The second-order valence-electron chi connectivity index (χ2n) is 20.4. The van der Waals surface area contributed by atoms with Crippen molar-refractivity contribution in [2.75, 3.05) is 95.9 Å². The Morgan fingerprint density at radius 2 is 0.939 bits per heavy atom. The molecule has 0 aromatic heterocycles. The van der Waals surface area contributed by atoms with Gasteiger partial charge in [0, 0.05) is 78.9 Å². The number of aliphatic hydroxyl groups is 2. The lowest BCUT2D eigenvalue weighted by Crippen LogP contribution is -2.45. The van der Waals surface area contributed by atoms with Crippen LogP contribution in [0.1, 0.15) is 107 Å². The molecule has 19 nitrogen and oxygen atoms in total. The van der Waals surface area contributed by atoms with E-state index >= 15 is 0 Å². The number of hydrogen-bond acceptors (Lipinski definition) is 15. The highest BCUT2D eigenvalue weighted by atomic mass is 16.6. The molecule has 19 heteroatoms. The van der Waals surface area contributed by atoms with Crippen molar-refractivity contribution in [3.05, 3.63) is 0 Å². The molecule has 0 saturated carbocycles. The van der Waals surface area contributed by atoms with Crippen LogP contribution in [0.4, 0.5) is 0 Å². The zero-order chi connectivity index (χ0) is 51.5. The van der Waals surface area contributed by atoms with Crippen molar-refractivity contribution in [1.29, 1.82) is 0 Å². The van der Waals surface area contributed by atoms with Crippen molar-refractivity contribution in [2.24, 2.45) is 39.4 Å². The fraction of sp³-hybridized carbons (Fsp3) is 0.830. The molecule has 0 radical (unpaired) electrons. The second-order valence-corrected chi connectivity index (χ2v) is 20.4. The molecule has 8 atom stereocenters. The lowest BCUT2D eigenvalue weighted by molar-refractivity contribution is -0.167. The van der Waals surface area contributed by atoms with Crippen molar-refractivity contribution >= 4 is 47.5 Å². The number of nitrogens with zero attached hydrogens (tertiary/aromatic N) is 4. The van der Waals surface area contributed by atoms with Crippen LogP contribution in [0.25, 0.3) is 0 Å². The van der Waals surface area contributed by atoms with Gasteiger partial charge in [-0.25, -0.2) is 0 Å². The summed E-state index contributed by atoms with van der Waals surface area (Å²) in [5.41, 5.74) is -5.22. The van der Waals surface area contributed by atoms with E-state index in [1.165, 1.54) is 35.7 Å². The molecular weight excluding hydrogens is 859 g/mol. The predicted molar refractivity (Wildman–Crippen MR) is 247 cm³/mol. The number of rotatable bonds is 30. The van der Waals surface area contributed by atoms with Gasteiger partial charge in [-0.3, -0.25) is 38.4 Å². The van der Waals surface area contributed by atoms with Crippen LogP contribution in [-0.2, 0) is 57.3 Å². The maximum atomic E-state index is 13.9. The first kappa shape index (κ1) is 61.6. The zero-order valence-electron chi connectivity index (χ0n) is 43.2. The smallest absolute Gasteiger partial charge is 0.311 e. The minimum atomic E-state index is -1.49. The fourth-order valence-corrected chi connectivity index (χ4v) is 8.20. The molecule has 0 aliphatic rings. The summed E-state index contributed by atoms with van der Waals surface area (Å²) in [6.45, 7) is 13.5. The van der Waals surface area contributed by atoms with E-state index in [9.17, 15) is 48.6 Å². The van der Waals surface area contributed by atoms with Crippen LogP contribution in [0, 0.1) is 39.4 Å². The Morgan fingerprint density at radius 1 is 0.561 bits per heavy atom. The molecule has 0 aliphatic heterocycles. The van der Waals surface area contributed by atoms with Crippen LogP contribution in [0.15, 0.2) is 0 Å². The standard InChI is InChI=1S/C47H85N5O14/c1-18-45(7,24-34(39(58)52(16)17)25-46(8,22-31(2)37(56)50(12)13)42(61)65-27-35(54)26-63-33(4)53)41(60)64-28-36(55)29-66-43(62)47(9,23-32(3)38(57)51(14)15)30-44(5,6)40(59)48-20-19-21-49(10)11/h31-32,34-36,54-55H,18-30H2,1-17H3,(H,48,59). The molecule has 0 aliphatic carbocycles. The third-order valence-electron chi connectivity index (χ3n) is 11.9. The number of aliphatic hydroxyl groups excluding tert-OH is 2. The maximum absolute atomic E-state index is 13.9. The number of ether oxygens (including phenoxy) is 4. The number of carbonyl (C=O) groups excluding carboxylic acids is 8. The monoisotopic (exact) mass is 944 g/mol. The summed E-state index contributed by atoms with van der Waals surface area (Å²) in [5, 5.41) is 24.2. The van der Waals surface area contributed by atoms with Crippen LogP contribution in [-0.4, -0.2) is 185 Å². The maximum Gasteiger partial charge on any atom is 0.311 e. The van der Waals surface area contributed by atoms with Gasteiger partial charge in [0.1, 0.15) is 38.6 Å². The molecule has 0 fully saturated rings. The van der Waals surface area contributed by atoms with Gasteiger partial charge < -0.3 is 54.1 Å². The van der Waals surface area contributed by atoms with Gasteiger partial charge in [-0.15, -0.1) is 0 Å². The van der Waals surface area contributed by atoms with Crippen molar-refractivity contribution in [2.45, 2.75) is 119 Å². The van der Waals surface area contributed by atoms with Gasteiger partial charge in [0.05, 0.1) is 16.2 Å². The summed E-state index contributed by atoms with van der Waals surface area (Å²) >= 11 is 0. The Balaban J connectivity index is 6.36. The van der Waals surface area contributed by atoms with E-state index in [1.807, 2.05) is 19.0 Å². The first-order chi connectivity index (χ1) is 30.2. The number of nitrogens with one attached hydrogen (secondary N) is 1. The molecule has 0 aromatic rings.